The number of hydrogen-bond donors (Lipinski definition) is 0. The third-order valence-electron chi connectivity index (χ3n) is 13.0. The quantitative estimate of drug-likeness (QED) is 0.0753. The molecule has 0 unspecified atom stereocenters. The first-order valence-corrected chi connectivity index (χ1v) is 23.4. The fourth-order valence-electron chi connectivity index (χ4n) is 9.36. The predicted molar refractivity (Wildman–Crippen MR) is 266 cm³/mol. The lowest BCUT2D eigenvalue weighted by atomic mass is 10.1. The minimum Gasteiger partial charge on any atom is -0.494 e. The summed E-state index contributed by atoms with van der Waals surface area (Å²) >= 11 is 0. The molecule has 73 heavy (non-hydrogen) atoms. The van der Waals surface area contributed by atoms with Crippen LogP contribution in [0.4, 0.5) is 8.78 Å². The molecule has 4 aromatic heterocycles. The van der Waals surface area contributed by atoms with Gasteiger partial charge in [-0.2, -0.15) is 8.78 Å². The molecule has 8 aromatic rings. The highest BCUT2D eigenvalue weighted by molar-refractivity contribution is 5.94. The van der Waals surface area contributed by atoms with Gasteiger partial charge in [0.05, 0.1) is 75.6 Å². The van der Waals surface area contributed by atoms with E-state index in [2.05, 4.69) is 21.8 Å². The Bertz CT molecular complexity index is 3490. The normalized spacial score (nSPS) is 15.4. The van der Waals surface area contributed by atoms with Gasteiger partial charge < -0.3 is 38.2 Å². The highest BCUT2D eigenvalue weighted by Gasteiger charge is 2.33. The summed E-state index contributed by atoms with van der Waals surface area (Å²) in [6.45, 7) is 3.50. The van der Waals surface area contributed by atoms with E-state index in [1.165, 1.54) is 44.6 Å². The van der Waals surface area contributed by atoms with Gasteiger partial charge in [0.15, 0.2) is 23.0 Å². The van der Waals surface area contributed by atoms with Crippen molar-refractivity contribution in [2.24, 2.45) is 0 Å². The number of fused-ring (bicyclic) bond motifs is 2. The average Bonchev–Trinajstić information content (AvgIpc) is 4.26. The van der Waals surface area contributed by atoms with Crippen molar-refractivity contribution < 1.29 is 46.8 Å². The molecular weight excluding hydrogens is 939 g/mol. The molecular formula is C55H48F2N8O8. The van der Waals surface area contributed by atoms with Gasteiger partial charge in [0.2, 0.25) is 29.3 Å². The molecule has 370 valence electrons. The second-order valence-electron chi connectivity index (χ2n) is 17.3. The smallest absolute Gasteiger partial charge is 0.298 e. The predicted octanol–water partition coefficient (Wildman–Crippen LogP) is 9.37. The van der Waals surface area contributed by atoms with Crippen molar-refractivity contribution in [3.8, 4) is 80.6 Å². The Morgan fingerprint density at radius 2 is 1.14 bits per heavy atom. The summed E-state index contributed by atoms with van der Waals surface area (Å²) in [4.78, 5) is 48.8. The third-order valence-corrected chi connectivity index (χ3v) is 13.0. The summed E-state index contributed by atoms with van der Waals surface area (Å²) in [5.74, 6) is 6.47. The molecule has 2 amide bonds. The van der Waals surface area contributed by atoms with Crippen molar-refractivity contribution >= 4 is 28.9 Å². The van der Waals surface area contributed by atoms with Crippen molar-refractivity contribution in [3.05, 3.63) is 139 Å². The standard InChI is InChI=1S/C55H48F2N8O8/c1-6-8-46(66)62-23-21-36(31-62)54-60-53(41-28-59-29-48(70-4)64(41)54)35-14-18-39(19-15-35)73-45-26-33(25-44(69-3)51(45)57)11-20-47(67)63-24-22-37(32-63)55-61-52(40-27-58-30-49(71-5)65(40)55)34-12-16-38(17-13-34)72-43-10-7-9-42(68-2)50(43)56/h7,9-20,25-30,36-37H,21-24,31-32H2,1-5H3/b20-11-/t36-,37-/m1/s1. The van der Waals surface area contributed by atoms with Crippen LogP contribution < -0.4 is 28.4 Å². The molecule has 16 nitrogen and oxygen atoms in total. The molecule has 18 heteroatoms. The summed E-state index contributed by atoms with van der Waals surface area (Å²) in [5, 5.41) is 0. The Morgan fingerprint density at radius 3 is 1.68 bits per heavy atom. The summed E-state index contributed by atoms with van der Waals surface area (Å²) in [5.41, 5.74) is 4.72. The zero-order chi connectivity index (χ0) is 50.8. The number of carbonyl (C=O) groups excluding carboxylic acids is 2. The number of amides is 2. The van der Waals surface area contributed by atoms with Crippen LogP contribution in [0.2, 0.25) is 0 Å². The summed E-state index contributed by atoms with van der Waals surface area (Å²) in [6, 6.07) is 21.9. The van der Waals surface area contributed by atoms with Crippen LogP contribution in [0.15, 0.2) is 110 Å². The van der Waals surface area contributed by atoms with E-state index in [0.717, 1.165) is 17.0 Å². The lowest BCUT2D eigenvalue weighted by molar-refractivity contribution is -0.125. The Labute approximate surface area is 418 Å². The molecule has 0 spiro atoms. The monoisotopic (exact) mass is 986 g/mol. The van der Waals surface area contributed by atoms with Crippen LogP contribution in [0.25, 0.3) is 39.6 Å². The SMILES string of the molecule is CC#CC(=O)N1CC[C@@H](c2nc(-c3ccc(Oc4cc(/C=C\C(=O)N5CC[C@@H](c6nc(-c7ccc(Oc8cccc(OC)c8F)cc7)c7cncc(OC)n67)C5)cc(OC)c4F)cc3)c3cncc(OC)n23)C1. The number of imidazole rings is 2. The second kappa shape index (κ2) is 20.4. The number of halogens is 2. The first-order chi connectivity index (χ1) is 35.6. The van der Waals surface area contributed by atoms with Crippen molar-refractivity contribution in [1.29, 1.82) is 0 Å². The highest BCUT2D eigenvalue weighted by atomic mass is 19.1. The Balaban J connectivity index is 0.843. The van der Waals surface area contributed by atoms with Crippen LogP contribution in [0.1, 0.15) is 48.8 Å². The third kappa shape index (κ3) is 9.28. The lowest BCUT2D eigenvalue weighted by Crippen LogP contribution is -2.27. The molecule has 0 radical (unpaired) electrons. The number of nitrogens with zero attached hydrogens (tertiary/aromatic N) is 8. The van der Waals surface area contributed by atoms with Crippen LogP contribution in [0.3, 0.4) is 0 Å². The molecule has 6 heterocycles. The summed E-state index contributed by atoms with van der Waals surface area (Å²) in [6.07, 6.45) is 11.0. The molecule has 2 atom stereocenters. The molecule has 0 aliphatic carbocycles. The van der Waals surface area contributed by atoms with E-state index < -0.39 is 11.6 Å². The van der Waals surface area contributed by atoms with Crippen molar-refractivity contribution in [2.75, 3.05) is 54.6 Å². The Morgan fingerprint density at radius 1 is 0.630 bits per heavy atom. The summed E-state index contributed by atoms with van der Waals surface area (Å²) < 4.78 is 68.3. The molecule has 0 N–H and O–H groups in total. The number of methoxy groups -OCH3 is 4. The molecule has 2 aliphatic rings. The number of benzene rings is 4. The van der Waals surface area contributed by atoms with Crippen LogP contribution >= 0.6 is 0 Å². The van der Waals surface area contributed by atoms with Gasteiger partial charge in [-0.05, 0) is 110 Å². The van der Waals surface area contributed by atoms with E-state index in [-0.39, 0.29) is 46.6 Å². The number of likely N-dealkylation sites (tertiary alicyclic amines) is 2. The van der Waals surface area contributed by atoms with Crippen LogP contribution in [0.5, 0.6) is 46.3 Å². The van der Waals surface area contributed by atoms with E-state index in [4.69, 9.17) is 38.4 Å². The molecule has 0 bridgehead atoms. The second-order valence-corrected chi connectivity index (χ2v) is 17.3. The molecule has 2 aliphatic heterocycles. The first-order valence-electron chi connectivity index (χ1n) is 23.4. The van der Waals surface area contributed by atoms with Crippen molar-refractivity contribution in [1.82, 2.24) is 38.5 Å². The first kappa shape index (κ1) is 47.7. The molecule has 2 saturated heterocycles. The van der Waals surface area contributed by atoms with E-state index in [1.807, 2.05) is 33.1 Å². The number of hydrogen-bond acceptors (Lipinski definition) is 12. The number of ether oxygens (including phenoxy) is 6. The average molecular weight is 987 g/mol. The van der Waals surface area contributed by atoms with Crippen molar-refractivity contribution in [3.63, 3.8) is 0 Å². The number of carbonyl (C=O) groups is 2. The van der Waals surface area contributed by atoms with Crippen molar-refractivity contribution in [2.45, 2.75) is 31.6 Å². The maximum atomic E-state index is 15.8. The maximum Gasteiger partial charge on any atom is 0.298 e. The van der Waals surface area contributed by atoms with E-state index >= 15 is 4.39 Å². The minimum absolute atomic E-state index is 0.0321. The van der Waals surface area contributed by atoms with E-state index in [1.54, 1.807) is 92.1 Å². The van der Waals surface area contributed by atoms with Crippen LogP contribution in [0, 0.1) is 23.5 Å². The van der Waals surface area contributed by atoms with Gasteiger partial charge in [0, 0.05) is 55.2 Å². The fourth-order valence-corrected chi connectivity index (χ4v) is 9.36. The molecule has 2 fully saturated rings. The van der Waals surface area contributed by atoms with Crippen LogP contribution in [-0.2, 0) is 9.59 Å². The van der Waals surface area contributed by atoms with Crippen LogP contribution in [-0.4, -0.2) is 105 Å². The highest BCUT2D eigenvalue weighted by Crippen LogP contribution is 2.39. The summed E-state index contributed by atoms with van der Waals surface area (Å²) in [7, 11) is 5.89. The molecule has 4 aromatic carbocycles. The topological polar surface area (TPSA) is 156 Å². The van der Waals surface area contributed by atoms with E-state index in [0.29, 0.717) is 96.1 Å². The van der Waals surface area contributed by atoms with Gasteiger partial charge in [-0.1, -0.05) is 12.0 Å². The zero-order valence-electron chi connectivity index (χ0n) is 40.5. The Hall–Kier alpha value is -8.98. The minimum atomic E-state index is -0.709. The molecule has 0 saturated carbocycles. The van der Waals surface area contributed by atoms with Gasteiger partial charge in [-0.25, -0.2) is 9.97 Å². The molecule has 10 rings (SSSR count). The van der Waals surface area contributed by atoms with Gasteiger partial charge in [-0.3, -0.25) is 28.4 Å². The zero-order valence-corrected chi connectivity index (χ0v) is 40.5. The van der Waals surface area contributed by atoms with Gasteiger partial charge in [0.1, 0.15) is 23.1 Å². The largest absolute Gasteiger partial charge is 0.494 e. The fraction of sp³-hybridized carbons (Fsp3) is 0.236. The van der Waals surface area contributed by atoms with Gasteiger partial charge in [0.25, 0.3) is 5.91 Å². The van der Waals surface area contributed by atoms with Gasteiger partial charge in [-0.15, -0.1) is 0 Å². The lowest BCUT2D eigenvalue weighted by Gasteiger charge is -2.15. The number of rotatable bonds is 14. The maximum absolute atomic E-state index is 15.8. The van der Waals surface area contributed by atoms with Gasteiger partial charge >= 0.3 is 0 Å². The van der Waals surface area contributed by atoms with E-state index in [9.17, 15) is 14.0 Å². The number of aromatic nitrogens is 6. The Kier molecular flexibility index (Phi) is 13.3.